The van der Waals surface area contributed by atoms with Gasteiger partial charge in [-0.05, 0) is 79.6 Å². The van der Waals surface area contributed by atoms with Gasteiger partial charge in [0, 0.05) is 50.3 Å². The predicted octanol–water partition coefficient (Wildman–Crippen LogP) is 6.95. The molecule has 0 bridgehead atoms. The molecule has 0 saturated carbocycles. The predicted molar refractivity (Wildman–Crippen MR) is 233 cm³/mol. The van der Waals surface area contributed by atoms with E-state index in [0.717, 1.165) is 61.7 Å². The van der Waals surface area contributed by atoms with E-state index in [1.54, 1.807) is 11.3 Å². The third kappa shape index (κ3) is 11.0. The summed E-state index contributed by atoms with van der Waals surface area (Å²) in [5.41, 5.74) is 8.08. The van der Waals surface area contributed by atoms with Crippen LogP contribution in [-0.4, -0.2) is 96.3 Å². The number of likely N-dealkylation sites (tertiary alicyclic amines) is 1. The molecule has 6 rings (SSSR count). The molecule has 1 fully saturated rings. The fraction of sp³-hybridized carbons (Fsp3) is 0.413. The maximum absolute atomic E-state index is 14.0. The van der Waals surface area contributed by atoms with E-state index in [-0.39, 0.29) is 31.5 Å². The zero-order chi connectivity index (χ0) is 42.3. The highest BCUT2D eigenvalue weighted by atomic mass is 32.1. The molecule has 3 aromatic carbocycles. The number of benzene rings is 3. The van der Waals surface area contributed by atoms with Crippen molar-refractivity contribution in [2.45, 2.75) is 78.1 Å². The molecule has 13 heteroatoms. The molecule has 3 amide bonds. The Bertz CT molecular complexity index is 2220. The number of nitrogens with zero attached hydrogens (tertiary/aromatic N) is 4. The fourth-order valence-electron chi connectivity index (χ4n) is 7.16. The number of aromatic nitrogens is 2. The van der Waals surface area contributed by atoms with E-state index in [1.807, 2.05) is 103 Å². The lowest BCUT2D eigenvalue weighted by Gasteiger charge is -2.35. The Labute approximate surface area is 351 Å². The second kappa shape index (κ2) is 19.1. The summed E-state index contributed by atoms with van der Waals surface area (Å²) in [5.74, 6) is -0.450. The summed E-state index contributed by atoms with van der Waals surface area (Å²) in [4.78, 5) is 54.4. The van der Waals surface area contributed by atoms with Gasteiger partial charge < -0.3 is 35.0 Å². The summed E-state index contributed by atoms with van der Waals surface area (Å²) in [6, 6.07) is 24.1. The van der Waals surface area contributed by atoms with E-state index in [0.29, 0.717) is 19.6 Å². The van der Waals surface area contributed by atoms with Crippen LogP contribution >= 0.6 is 11.3 Å². The first kappa shape index (κ1) is 43.2. The molecule has 0 spiro atoms. The second-order valence-electron chi connectivity index (χ2n) is 16.5. The van der Waals surface area contributed by atoms with Gasteiger partial charge in [0.15, 0.2) is 0 Å². The first-order valence-corrected chi connectivity index (χ1v) is 21.0. The normalized spacial score (nSPS) is 16.4. The number of β-amino-alcohol motifs (C(OH)–C–C–N with tert-alkyl or cyclic N) is 1. The number of aryl methyl sites for hydroxylation is 1. The molecule has 4 atom stereocenters. The van der Waals surface area contributed by atoms with Gasteiger partial charge in [-0.1, -0.05) is 63.2 Å². The van der Waals surface area contributed by atoms with E-state index in [9.17, 15) is 19.5 Å². The highest BCUT2D eigenvalue weighted by Gasteiger charge is 2.44. The molecule has 0 aliphatic carbocycles. The van der Waals surface area contributed by atoms with Crippen LogP contribution in [0.15, 0.2) is 84.4 Å². The number of amides is 3. The highest BCUT2D eigenvalue weighted by Crippen LogP contribution is 2.30. The van der Waals surface area contributed by atoms with Crippen LogP contribution < -0.4 is 20.3 Å². The number of carbonyl (C=O) groups excluding carboxylic acids is 3. The number of rotatable bonds is 16. The minimum absolute atomic E-state index is 0.00134. The summed E-state index contributed by atoms with van der Waals surface area (Å²) in [5, 5.41) is 17.5. The number of unbranched alkanes of at least 4 members (excludes halogenated alkanes) is 1. The summed E-state index contributed by atoms with van der Waals surface area (Å²) in [6.07, 6.45) is 0.647. The average Bonchev–Trinajstić information content (AvgIpc) is 3.83. The number of aliphatic hydroxyl groups is 1. The molecule has 2 aromatic heterocycles. The number of thiazole rings is 1. The molecule has 312 valence electrons. The zero-order valence-corrected chi connectivity index (χ0v) is 35.8. The quantitative estimate of drug-likeness (QED) is 0.0902. The molecule has 3 heterocycles. The van der Waals surface area contributed by atoms with Crippen molar-refractivity contribution in [3.8, 4) is 27.4 Å². The third-order valence-corrected chi connectivity index (χ3v) is 11.6. The Balaban J connectivity index is 0.939. The monoisotopic (exact) mass is 820 g/mol. The van der Waals surface area contributed by atoms with Crippen LogP contribution in [0.1, 0.15) is 64.3 Å². The Hall–Kier alpha value is -5.37. The van der Waals surface area contributed by atoms with Crippen molar-refractivity contribution in [1.29, 1.82) is 0 Å². The Morgan fingerprint density at radius 1 is 0.949 bits per heavy atom. The van der Waals surface area contributed by atoms with Crippen LogP contribution in [0.5, 0.6) is 5.75 Å². The van der Waals surface area contributed by atoms with Crippen LogP contribution in [0.25, 0.3) is 32.6 Å². The van der Waals surface area contributed by atoms with Crippen molar-refractivity contribution in [2.24, 2.45) is 5.41 Å². The van der Waals surface area contributed by atoms with Crippen molar-refractivity contribution in [3.05, 3.63) is 95.6 Å². The van der Waals surface area contributed by atoms with E-state index < -0.39 is 35.4 Å². The largest absolute Gasteiger partial charge is 0.494 e. The third-order valence-electron chi connectivity index (χ3n) is 10.6. The molecule has 1 aliphatic rings. The molecule has 2 unspecified atom stereocenters. The first-order valence-electron chi connectivity index (χ1n) is 20.2. The second-order valence-corrected chi connectivity index (χ2v) is 17.3. The lowest BCUT2D eigenvalue weighted by molar-refractivity contribution is -0.144. The van der Waals surface area contributed by atoms with Gasteiger partial charge in [0.1, 0.15) is 24.4 Å². The molecule has 0 radical (unpaired) electrons. The van der Waals surface area contributed by atoms with Crippen LogP contribution in [0.4, 0.5) is 5.69 Å². The lowest BCUT2D eigenvalue weighted by Crippen LogP contribution is -2.58. The number of ether oxygens (including phenoxy) is 2. The van der Waals surface area contributed by atoms with Crippen LogP contribution in [0.2, 0.25) is 0 Å². The summed E-state index contributed by atoms with van der Waals surface area (Å²) in [7, 11) is 4.04. The summed E-state index contributed by atoms with van der Waals surface area (Å²) < 4.78 is 11.7. The number of aliphatic hydroxyl groups excluding tert-OH is 1. The number of pyridine rings is 1. The SMILES string of the molecule is Cc1ncsc1-c1ccc(C(C)NC(=O)[C@@H]2C[C@@H](O)CN2C(=O)C(NC(=O)COCCCCOc2ccc3nc(-c4ccc(N(C)C)cc4)ccc3c2)C(C)(C)C)cc1. The standard InChI is InChI=1S/C46H56N6O6S/c1-29(31-10-12-33(13-11-31)42-30(2)47-28-59-42)48-44(55)40-25-36(53)26-52(40)45(56)43(46(3,4)5)50-41(54)27-57-22-8-9-23-58-37-19-21-39-34(24-37)16-20-38(49-39)32-14-17-35(18-15-32)51(6)7/h10-21,24,28-29,36,40,43,53H,8-9,22-23,25-27H2,1-7H3,(H,48,55)(H,50,54)/t29?,36-,40+,43?/m1/s1. The number of carbonyl (C=O) groups is 3. The number of hydrogen-bond acceptors (Lipinski definition) is 10. The van der Waals surface area contributed by atoms with Gasteiger partial charge in [0.25, 0.3) is 0 Å². The van der Waals surface area contributed by atoms with E-state index >= 15 is 0 Å². The van der Waals surface area contributed by atoms with Crippen molar-refractivity contribution >= 4 is 45.6 Å². The van der Waals surface area contributed by atoms with Crippen molar-refractivity contribution in [1.82, 2.24) is 25.5 Å². The van der Waals surface area contributed by atoms with Gasteiger partial charge in [-0.15, -0.1) is 11.3 Å². The smallest absolute Gasteiger partial charge is 0.246 e. The van der Waals surface area contributed by atoms with Gasteiger partial charge in [-0.3, -0.25) is 14.4 Å². The molecule has 59 heavy (non-hydrogen) atoms. The topological polar surface area (TPSA) is 146 Å². The number of nitrogens with one attached hydrogen (secondary N) is 2. The van der Waals surface area contributed by atoms with Gasteiger partial charge in [0.2, 0.25) is 17.7 Å². The maximum Gasteiger partial charge on any atom is 0.246 e. The number of fused-ring (bicyclic) bond motifs is 1. The van der Waals surface area contributed by atoms with E-state index in [1.165, 1.54) is 4.90 Å². The Morgan fingerprint density at radius 2 is 1.66 bits per heavy atom. The Kier molecular flexibility index (Phi) is 14.0. The van der Waals surface area contributed by atoms with Crippen molar-refractivity contribution in [2.75, 3.05) is 45.4 Å². The number of hydrogen-bond donors (Lipinski definition) is 3. The minimum Gasteiger partial charge on any atom is -0.494 e. The fourth-order valence-corrected chi connectivity index (χ4v) is 7.98. The Morgan fingerprint density at radius 3 is 2.34 bits per heavy atom. The van der Waals surface area contributed by atoms with Crippen molar-refractivity contribution in [3.63, 3.8) is 0 Å². The molecular formula is C46H56N6O6S. The van der Waals surface area contributed by atoms with Gasteiger partial charge in [-0.25, -0.2) is 9.97 Å². The molecule has 1 saturated heterocycles. The van der Waals surface area contributed by atoms with Crippen LogP contribution in [0, 0.1) is 12.3 Å². The van der Waals surface area contributed by atoms with E-state index in [2.05, 4.69) is 50.8 Å². The summed E-state index contributed by atoms with van der Waals surface area (Å²) in [6.45, 7) is 10.0. The van der Waals surface area contributed by atoms with Gasteiger partial charge in [0.05, 0.1) is 46.0 Å². The molecule has 5 aromatic rings. The van der Waals surface area contributed by atoms with Crippen LogP contribution in [0.3, 0.4) is 0 Å². The maximum atomic E-state index is 14.0. The van der Waals surface area contributed by atoms with Gasteiger partial charge in [-0.2, -0.15) is 0 Å². The molecule has 1 aliphatic heterocycles. The molecular weight excluding hydrogens is 765 g/mol. The minimum atomic E-state index is -0.939. The number of anilines is 1. The average molecular weight is 821 g/mol. The van der Waals surface area contributed by atoms with Crippen molar-refractivity contribution < 1.29 is 29.0 Å². The zero-order valence-electron chi connectivity index (χ0n) is 35.0. The van der Waals surface area contributed by atoms with Gasteiger partial charge >= 0.3 is 0 Å². The molecule has 3 N–H and O–H groups in total. The molecule has 12 nitrogen and oxygen atoms in total. The highest BCUT2D eigenvalue weighted by molar-refractivity contribution is 7.13. The van der Waals surface area contributed by atoms with Crippen LogP contribution in [-0.2, 0) is 19.1 Å². The summed E-state index contributed by atoms with van der Waals surface area (Å²) >= 11 is 1.58. The van der Waals surface area contributed by atoms with E-state index in [4.69, 9.17) is 14.5 Å². The first-order chi connectivity index (χ1) is 28.2. The lowest BCUT2D eigenvalue weighted by atomic mass is 9.85.